The molecule has 1 saturated heterocycles. The second-order valence-electron chi connectivity index (χ2n) is 7.85. The van der Waals surface area contributed by atoms with E-state index in [9.17, 15) is 4.79 Å². The summed E-state index contributed by atoms with van der Waals surface area (Å²) in [6.07, 6.45) is 6.52. The third-order valence-corrected chi connectivity index (χ3v) is 5.36. The van der Waals surface area contributed by atoms with Gasteiger partial charge in [-0.1, -0.05) is 12.8 Å². The largest absolute Gasteiger partial charge is 0.377 e. The number of nitrogens with two attached hydrogens (primary N) is 1. The summed E-state index contributed by atoms with van der Waals surface area (Å²) >= 11 is 0. The molecule has 1 saturated carbocycles. The first-order valence-electron chi connectivity index (χ1n) is 9.31. The van der Waals surface area contributed by atoms with E-state index in [0.29, 0.717) is 12.1 Å². The van der Waals surface area contributed by atoms with Crippen LogP contribution in [0.25, 0.3) is 0 Å². The summed E-state index contributed by atoms with van der Waals surface area (Å²) in [5.41, 5.74) is 6.01. The molecule has 2 rings (SSSR count). The van der Waals surface area contributed by atoms with Crippen LogP contribution in [0.3, 0.4) is 0 Å². The van der Waals surface area contributed by atoms with Crippen molar-refractivity contribution in [1.29, 1.82) is 0 Å². The predicted octanol–water partition coefficient (Wildman–Crippen LogP) is 2.74. The van der Waals surface area contributed by atoms with E-state index in [1.807, 2.05) is 6.92 Å². The highest BCUT2D eigenvalue weighted by molar-refractivity contribution is 5.85. The Balaban J connectivity index is 0.00000288. The van der Waals surface area contributed by atoms with Crippen LogP contribution in [0.1, 0.15) is 59.3 Å². The maximum absolute atomic E-state index is 12.6. The third kappa shape index (κ3) is 8.00. The maximum Gasteiger partial charge on any atom is 0.225 e. The fourth-order valence-corrected chi connectivity index (χ4v) is 3.81. The number of ether oxygens (including phenoxy) is 1. The third-order valence-electron chi connectivity index (χ3n) is 5.36. The Kier molecular flexibility index (Phi) is 11.6. The van der Waals surface area contributed by atoms with Crippen molar-refractivity contribution in [2.24, 2.45) is 11.7 Å². The van der Waals surface area contributed by atoms with Crippen LogP contribution in [-0.4, -0.2) is 54.7 Å². The molecule has 3 N–H and O–H groups in total. The number of halogens is 2. The quantitative estimate of drug-likeness (QED) is 0.722. The van der Waals surface area contributed by atoms with Crippen molar-refractivity contribution in [2.45, 2.75) is 77.0 Å². The Morgan fingerprint density at radius 3 is 2.44 bits per heavy atom. The van der Waals surface area contributed by atoms with E-state index in [1.165, 1.54) is 0 Å². The number of nitrogens with zero attached hydrogens (tertiary/aromatic N) is 1. The van der Waals surface area contributed by atoms with E-state index in [-0.39, 0.29) is 42.2 Å². The van der Waals surface area contributed by atoms with Gasteiger partial charge in [0.15, 0.2) is 0 Å². The average molecular weight is 398 g/mol. The Hall–Kier alpha value is -0.0700. The molecule has 0 aromatic carbocycles. The van der Waals surface area contributed by atoms with Gasteiger partial charge in [-0.25, -0.2) is 0 Å². The van der Waals surface area contributed by atoms with Crippen molar-refractivity contribution in [3.63, 3.8) is 0 Å². The predicted molar refractivity (Wildman–Crippen MR) is 108 cm³/mol. The van der Waals surface area contributed by atoms with Crippen LogP contribution in [0.15, 0.2) is 0 Å². The Labute approximate surface area is 165 Å². The fourth-order valence-electron chi connectivity index (χ4n) is 3.81. The number of piperidine rings is 1. The zero-order valence-corrected chi connectivity index (χ0v) is 17.6. The van der Waals surface area contributed by atoms with Gasteiger partial charge in [-0.2, -0.15) is 0 Å². The van der Waals surface area contributed by atoms with Crippen LogP contribution in [0.2, 0.25) is 0 Å². The highest BCUT2D eigenvalue weighted by Crippen LogP contribution is 2.31. The molecule has 7 heteroatoms. The van der Waals surface area contributed by atoms with E-state index in [4.69, 9.17) is 10.5 Å². The topological polar surface area (TPSA) is 67.6 Å². The average Bonchev–Trinajstić information content (AvgIpc) is 2.48. The molecule has 2 unspecified atom stereocenters. The lowest BCUT2D eigenvalue weighted by atomic mass is 9.74. The number of hydrogen-bond donors (Lipinski definition) is 2. The molecule has 1 heterocycles. The molecule has 1 amide bonds. The van der Waals surface area contributed by atoms with E-state index >= 15 is 0 Å². The maximum atomic E-state index is 12.6. The zero-order chi connectivity index (χ0) is 16.9. The van der Waals surface area contributed by atoms with E-state index in [2.05, 4.69) is 24.1 Å². The lowest BCUT2D eigenvalue weighted by Crippen LogP contribution is -2.55. The van der Waals surface area contributed by atoms with E-state index in [0.717, 1.165) is 64.8 Å². The van der Waals surface area contributed by atoms with Gasteiger partial charge in [0, 0.05) is 31.2 Å². The number of nitrogens with one attached hydrogen (secondary N) is 1. The van der Waals surface area contributed by atoms with E-state index < -0.39 is 0 Å². The van der Waals surface area contributed by atoms with Crippen molar-refractivity contribution >= 4 is 30.7 Å². The second-order valence-corrected chi connectivity index (χ2v) is 7.85. The van der Waals surface area contributed by atoms with Gasteiger partial charge in [0.05, 0.1) is 18.6 Å². The second kappa shape index (κ2) is 11.6. The van der Waals surface area contributed by atoms with Crippen LogP contribution >= 0.6 is 24.8 Å². The minimum atomic E-state index is -0.336. The van der Waals surface area contributed by atoms with Crippen molar-refractivity contribution in [1.82, 2.24) is 10.2 Å². The van der Waals surface area contributed by atoms with Gasteiger partial charge in [0.1, 0.15) is 0 Å². The molecule has 150 valence electrons. The molecule has 0 bridgehead atoms. The molecule has 2 atom stereocenters. The Morgan fingerprint density at radius 1 is 1.24 bits per heavy atom. The number of likely N-dealkylation sites (tertiary alicyclic amines) is 1. The highest BCUT2D eigenvalue weighted by atomic mass is 35.5. The Bertz CT molecular complexity index is 387. The first-order valence-corrected chi connectivity index (χ1v) is 9.31. The molecule has 0 spiro atoms. The molecular weight excluding hydrogens is 361 g/mol. The normalized spacial score (nSPS) is 28.1. The SMILES string of the molecule is CC(C)OCCN1CCC(NC(=O)C2CCCCC2(C)N)CC1.Cl.Cl. The zero-order valence-electron chi connectivity index (χ0n) is 16.0. The van der Waals surface area contributed by atoms with Gasteiger partial charge >= 0.3 is 0 Å². The van der Waals surface area contributed by atoms with Crippen molar-refractivity contribution < 1.29 is 9.53 Å². The lowest BCUT2D eigenvalue weighted by Gasteiger charge is -2.39. The molecule has 5 nitrogen and oxygen atoms in total. The molecule has 1 aliphatic carbocycles. The number of carbonyl (C=O) groups is 1. The van der Waals surface area contributed by atoms with Crippen LogP contribution in [0.5, 0.6) is 0 Å². The summed E-state index contributed by atoms with van der Waals surface area (Å²) in [4.78, 5) is 15.0. The minimum absolute atomic E-state index is 0. The van der Waals surface area contributed by atoms with Crippen LogP contribution in [0, 0.1) is 5.92 Å². The number of amides is 1. The van der Waals surface area contributed by atoms with Gasteiger partial charge in [-0.3, -0.25) is 4.79 Å². The molecule has 25 heavy (non-hydrogen) atoms. The van der Waals surface area contributed by atoms with Gasteiger partial charge in [0.2, 0.25) is 5.91 Å². The smallest absolute Gasteiger partial charge is 0.225 e. The summed E-state index contributed by atoms with van der Waals surface area (Å²) in [6.45, 7) is 10.0. The number of rotatable bonds is 6. The molecule has 2 fully saturated rings. The monoisotopic (exact) mass is 397 g/mol. The standard InChI is InChI=1S/C18H35N3O2.2ClH/c1-14(2)23-13-12-21-10-7-15(8-11-21)20-17(22)16-6-4-5-9-18(16,3)19;;/h14-16H,4-13,19H2,1-3H3,(H,20,22);2*1H. The summed E-state index contributed by atoms with van der Waals surface area (Å²) in [6, 6.07) is 0.308. The summed E-state index contributed by atoms with van der Waals surface area (Å²) < 4.78 is 5.61. The molecule has 0 aromatic heterocycles. The first-order chi connectivity index (χ1) is 10.9. The summed E-state index contributed by atoms with van der Waals surface area (Å²) in [5, 5.41) is 3.26. The van der Waals surface area contributed by atoms with Gasteiger partial charge in [-0.05, 0) is 46.5 Å². The van der Waals surface area contributed by atoms with Crippen molar-refractivity contribution in [2.75, 3.05) is 26.2 Å². The van der Waals surface area contributed by atoms with Gasteiger partial charge in [0.25, 0.3) is 0 Å². The van der Waals surface area contributed by atoms with E-state index in [1.54, 1.807) is 0 Å². The number of carbonyl (C=O) groups excluding carboxylic acids is 1. The molecule has 0 aromatic rings. The Morgan fingerprint density at radius 2 is 1.88 bits per heavy atom. The minimum Gasteiger partial charge on any atom is -0.377 e. The van der Waals surface area contributed by atoms with Crippen LogP contribution < -0.4 is 11.1 Å². The van der Waals surface area contributed by atoms with Crippen LogP contribution in [0.4, 0.5) is 0 Å². The van der Waals surface area contributed by atoms with Gasteiger partial charge in [-0.15, -0.1) is 24.8 Å². The van der Waals surface area contributed by atoms with Crippen molar-refractivity contribution in [3.05, 3.63) is 0 Å². The number of hydrogen-bond acceptors (Lipinski definition) is 4. The van der Waals surface area contributed by atoms with Crippen LogP contribution in [-0.2, 0) is 9.53 Å². The molecular formula is C18H37Cl2N3O2. The summed E-state index contributed by atoms with van der Waals surface area (Å²) in [7, 11) is 0. The molecule has 0 radical (unpaired) electrons. The fraction of sp³-hybridized carbons (Fsp3) is 0.944. The van der Waals surface area contributed by atoms with Gasteiger partial charge < -0.3 is 20.7 Å². The molecule has 2 aliphatic rings. The summed E-state index contributed by atoms with van der Waals surface area (Å²) in [5.74, 6) is 0.157. The lowest BCUT2D eigenvalue weighted by molar-refractivity contribution is -0.129. The molecule has 1 aliphatic heterocycles. The first kappa shape index (κ1) is 24.9. The highest BCUT2D eigenvalue weighted by Gasteiger charge is 2.38. The van der Waals surface area contributed by atoms with Crippen molar-refractivity contribution in [3.8, 4) is 0 Å².